The SMILES string of the molecule is Nc1c(C(=O)Nc2ccc(Cl)cn2)cnn1-c1ccccc1-c1cccnc1. The van der Waals surface area contributed by atoms with Crippen molar-refractivity contribution < 1.29 is 4.79 Å². The number of amides is 1. The molecule has 0 fully saturated rings. The normalized spacial score (nSPS) is 10.6. The van der Waals surface area contributed by atoms with E-state index in [9.17, 15) is 4.79 Å². The van der Waals surface area contributed by atoms with Crippen LogP contribution in [0.3, 0.4) is 0 Å². The highest BCUT2D eigenvalue weighted by Crippen LogP contribution is 2.28. The van der Waals surface area contributed by atoms with Crippen LogP contribution >= 0.6 is 11.6 Å². The number of nitrogen functional groups attached to an aromatic ring is 1. The molecule has 0 aliphatic heterocycles. The van der Waals surface area contributed by atoms with Gasteiger partial charge >= 0.3 is 0 Å². The topological polar surface area (TPSA) is 98.7 Å². The fourth-order valence-electron chi connectivity index (χ4n) is 2.78. The maximum absolute atomic E-state index is 12.6. The van der Waals surface area contributed by atoms with E-state index in [0.29, 0.717) is 10.8 Å². The van der Waals surface area contributed by atoms with Crippen molar-refractivity contribution in [2.24, 2.45) is 0 Å². The first-order chi connectivity index (χ1) is 13.6. The summed E-state index contributed by atoms with van der Waals surface area (Å²) in [6.07, 6.45) is 6.36. The van der Waals surface area contributed by atoms with Crippen molar-refractivity contribution >= 4 is 29.1 Å². The Morgan fingerprint density at radius 2 is 1.89 bits per heavy atom. The number of carbonyl (C=O) groups excluding carboxylic acids is 1. The summed E-state index contributed by atoms with van der Waals surface area (Å²) in [5.74, 6) is 0.192. The first kappa shape index (κ1) is 17.7. The molecule has 1 amide bonds. The van der Waals surface area contributed by atoms with Gasteiger partial charge in [-0.25, -0.2) is 9.67 Å². The summed E-state index contributed by atoms with van der Waals surface area (Å²) >= 11 is 5.81. The summed E-state index contributed by atoms with van der Waals surface area (Å²) < 4.78 is 1.53. The van der Waals surface area contributed by atoms with Gasteiger partial charge in [0.25, 0.3) is 5.91 Å². The van der Waals surface area contributed by atoms with Gasteiger partial charge in [-0.1, -0.05) is 35.9 Å². The zero-order valence-electron chi connectivity index (χ0n) is 14.6. The van der Waals surface area contributed by atoms with Crippen molar-refractivity contribution in [1.29, 1.82) is 0 Å². The van der Waals surface area contributed by atoms with Crippen molar-refractivity contribution in [2.45, 2.75) is 0 Å². The Morgan fingerprint density at radius 3 is 2.64 bits per heavy atom. The molecule has 0 saturated heterocycles. The third kappa shape index (κ3) is 3.43. The number of benzene rings is 1. The summed E-state index contributed by atoms with van der Waals surface area (Å²) in [5, 5.41) is 7.49. The van der Waals surface area contributed by atoms with E-state index < -0.39 is 5.91 Å². The van der Waals surface area contributed by atoms with Crippen LogP contribution in [0.1, 0.15) is 10.4 Å². The molecule has 7 nitrogen and oxygen atoms in total. The van der Waals surface area contributed by atoms with Gasteiger partial charge in [-0.05, 0) is 24.3 Å². The number of pyridine rings is 2. The largest absolute Gasteiger partial charge is 0.383 e. The number of anilines is 2. The highest BCUT2D eigenvalue weighted by atomic mass is 35.5. The number of nitrogens with two attached hydrogens (primary N) is 1. The van der Waals surface area contributed by atoms with Crippen LogP contribution in [0.5, 0.6) is 0 Å². The quantitative estimate of drug-likeness (QED) is 0.552. The minimum atomic E-state index is -0.405. The van der Waals surface area contributed by atoms with Crippen molar-refractivity contribution in [3.63, 3.8) is 0 Å². The Labute approximate surface area is 165 Å². The minimum absolute atomic E-state index is 0.225. The number of carbonyl (C=O) groups is 1. The van der Waals surface area contributed by atoms with Crippen molar-refractivity contribution in [3.8, 4) is 16.8 Å². The van der Waals surface area contributed by atoms with Gasteiger partial charge in [0.2, 0.25) is 0 Å². The zero-order chi connectivity index (χ0) is 19.5. The maximum atomic E-state index is 12.6. The van der Waals surface area contributed by atoms with Gasteiger partial charge < -0.3 is 11.1 Å². The fraction of sp³-hybridized carbons (Fsp3) is 0. The molecular formula is C20H15ClN6O. The number of halogens is 1. The van der Waals surface area contributed by atoms with Crippen LogP contribution in [0.15, 0.2) is 73.3 Å². The van der Waals surface area contributed by atoms with Crippen LogP contribution in [0.25, 0.3) is 16.8 Å². The van der Waals surface area contributed by atoms with Crippen LogP contribution in [0.4, 0.5) is 11.6 Å². The molecule has 3 aromatic heterocycles. The Bertz CT molecular complexity index is 1130. The molecule has 0 radical (unpaired) electrons. The fourth-order valence-corrected chi connectivity index (χ4v) is 2.89. The Morgan fingerprint density at radius 1 is 1.04 bits per heavy atom. The lowest BCUT2D eigenvalue weighted by Crippen LogP contribution is -2.15. The van der Waals surface area contributed by atoms with Gasteiger partial charge in [0.1, 0.15) is 17.2 Å². The van der Waals surface area contributed by atoms with Crippen molar-refractivity contribution in [3.05, 3.63) is 83.9 Å². The molecule has 0 aliphatic carbocycles. The highest BCUT2D eigenvalue weighted by molar-refractivity contribution is 6.30. The Balaban J connectivity index is 1.68. The molecule has 0 atom stereocenters. The molecule has 3 heterocycles. The lowest BCUT2D eigenvalue weighted by Gasteiger charge is -2.11. The molecule has 0 bridgehead atoms. The molecule has 8 heteroatoms. The molecule has 1 aromatic carbocycles. The van der Waals surface area contributed by atoms with Crippen LogP contribution in [0, 0.1) is 0 Å². The number of aromatic nitrogens is 4. The van der Waals surface area contributed by atoms with E-state index in [4.69, 9.17) is 17.3 Å². The van der Waals surface area contributed by atoms with E-state index >= 15 is 0 Å². The summed E-state index contributed by atoms with van der Waals surface area (Å²) in [6.45, 7) is 0. The monoisotopic (exact) mass is 390 g/mol. The third-order valence-electron chi connectivity index (χ3n) is 4.12. The molecule has 3 N–H and O–H groups in total. The smallest absolute Gasteiger partial charge is 0.262 e. The average molecular weight is 391 g/mol. The van der Waals surface area contributed by atoms with Gasteiger partial charge in [0, 0.05) is 29.7 Å². The molecule has 138 valence electrons. The van der Waals surface area contributed by atoms with Crippen LogP contribution in [0.2, 0.25) is 5.02 Å². The van der Waals surface area contributed by atoms with E-state index in [1.165, 1.54) is 17.1 Å². The lowest BCUT2D eigenvalue weighted by molar-refractivity contribution is 0.102. The van der Waals surface area contributed by atoms with E-state index in [-0.39, 0.29) is 11.4 Å². The van der Waals surface area contributed by atoms with Crippen LogP contribution < -0.4 is 11.1 Å². The second kappa shape index (κ2) is 7.50. The van der Waals surface area contributed by atoms with E-state index in [0.717, 1.165) is 16.8 Å². The summed E-state index contributed by atoms with van der Waals surface area (Å²) in [7, 11) is 0. The van der Waals surface area contributed by atoms with Gasteiger partial charge in [0.05, 0.1) is 16.9 Å². The summed E-state index contributed by atoms with van der Waals surface area (Å²) in [4.78, 5) is 20.8. The predicted molar refractivity (Wildman–Crippen MR) is 108 cm³/mol. The number of hydrogen-bond donors (Lipinski definition) is 2. The van der Waals surface area contributed by atoms with Gasteiger partial charge in [-0.2, -0.15) is 5.10 Å². The van der Waals surface area contributed by atoms with E-state index in [2.05, 4.69) is 20.4 Å². The van der Waals surface area contributed by atoms with Crippen molar-refractivity contribution in [1.82, 2.24) is 19.7 Å². The molecule has 0 saturated carbocycles. The predicted octanol–water partition coefficient (Wildman–Crippen LogP) is 3.82. The minimum Gasteiger partial charge on any atom is -0.383 e. The number of para-hydroxylation sites is 1. The van der Waals surface area contributed by atoms with Gasteiger partial charge in [0.15, 0.2) is 0 Å². The first-order valence-electron chi connectivity index (χ1n) is 8.39. The molecule has 28 heavy (non-hydrogen) atoms. The number of rotatable bonds is 4. The highest BCUT2D eigenvalue weighted by Gasteiger charge is 2.18. The molecule has 0 aliphatic rings. The second-order valence-corrected chi connectivity index (χ2v) is 6.37. The molecular weight excluding hydrogens is 376 g/mol. The second-order valence-electron chi connectivity index (χ2n) is 5.93. The zero-order valence-corrected chi connectivity index (χ0v) is 15.3. The summed E-state index contributed by atoms with van der Waals surface area (Å²) in [6, 6.07) is 14.7. The van der Waals surface area contributed by atoms with Crippen LogP contribution in [-0.4, -0.2) is 25.7 Å². The first-order valence-corrected chi connectivity index (χ1v) is 8.77. The lowest BCUT2D eigenvalue weighted by atomic mass is 10.1. The number of nitrogens with one attached hydrogen (secondary N) is 1. The van der Waals surface area contributed by atoms with Crippen molar-refractivity contribution in [2.75, 3.05) is 11.1 Å². The van der Waals surface area contributed by atoms with Gasteiger partial charge in [-0.3, -0.25) is 9.78 Å². The number of nitrogens with zero attached hydrogens (tertiary/aromatic N) is 4. The maximum Gasteiger partial charge on any atom is 0.262 e. The third-order valence-corrected chi connectivity index (χ3v) is 4.35. The molecule has 0 unspecified atom stereocenters. The molecule has 4 aromatic rings. The van der Waals surface area contributed by atoms with E-state index in [1.807, 2.05) is 36.4 Å². The average Bonchev–Trinajstić information content (AvgIpc) is 3.12. The standard InChI is InChI=1S/C20H15ClN6O/c21-14-7-8-18(24-11-14)26-20(28)16-12-25-27(19(16)22)17-6-2-1-5-15(17)13-4-3-9-23-10-13/h1-12H,22H2,(H,24,26,28). The molecule has 0 spiro atoms. The Hall–Kier alpha value is -3.71. The molecule has 4 rings (SSSR count). The Kier molecular flexibility index (Phi) is 4.74. The van der Waals surface area contributed by atoms with Gasteiger partial charge in [-0.15, -0.1) is 0 Å². The van der Waals surface area contributed by atoms with Crippen LogP contribution in [-0.2, 0) is 0 Å². The number of hydrogen-bond acceptors (Lipinski definition) is 5. The van der Waals surface area contributed by atoms with E-state index in [1.54, 1.807) is 24.5 Å². The summed E-state index contributed by atoms with van der Waals surface area (Å²) in [5.41, 5.74) is 9.06.